The molecule has 21 heavy (non-hydrogen) atoms. The van der Waals surface area contributed by atoms with Gasteiger partial charge in [-0.05, 0) is 55.4 Å². The van der Waals surface area contributed by atoms with Crippen molar-refractivity contribution in [1.29, 1.82) is 0 Å². The van der Waals surface area contributed by atoms with Crippen LogP contribution >= 0.6 is 0 Å². The number of anilines is 1. The summed E-state index contributed by atoms with van der Waals surface area (Å²) in [7, 11) is -3.10. The van der Waals surface area contributed by atoms with Crippen LogP contribution in [-0.2, 0) is 9.84 Å². The Morgan fingerprint density at radius 1 is 1.05 bits per heavy atom. The summed E-state index contributed by atoms with van der Waals surface area (Å²) in [5.41, 5.74) is 1.02. The fourth-order valence-electron chi connectivity index (χ4n) is 3.18. The summed E-state index contributed by atoms with van der Waals surface area (Å²) >= 11 is 0. The van der Waals surface area contributed by atoms with E-state index in [0.717, 1.165) is 17.5 Å². The van der Waals surface area contributed by atoms with Crippen molar-refractivity contribution in [2.45, 2.75) is 56.9 Å². The quantitative estimate of drug-likeness (QED) is 0.851. The van der Waals surface area contributed by atoms with Gasteiger partial charge in [0.05, 0.1) is 4.90 Å². The van der Waals surface area contributed by atoms with Crippen molar-refractivity contribution in [3.8, 4) is 0 Å². The van der Waals surface area contributed by atoms with E-state index in [1.54, 1.807) is 12.1 Å². The molecule has 0 bridgehead atoms. The van der Waals surface area contributed by atoms with Crippen LogP contribution < -0.4 is 5.32 Å². The van der Waals surface area contributed by atoms with Crippen molar-refractivity contribution in [3.63, 3.8) is 0 Å². The standard InChI is InChI=1S/C17H27NO2S/c1-13(2)14-5-4-6-15(8-7-14)18-16-9-11-17(12-10-16)21(3,19)20/h9-15,18H,4-8H2,1-3H3. The van der Waals surface area contributed by atoms with Crippen LogP contribution in [0.2, 0.25) is 0 Å². The topological polar surface area (TPSA) is 46.2 Å². The number of sulfone groups is 1. The number of benzene rings is 1. The molecule has 1 saturated carbocycles. The van der Waals surface area contributed by atoms with Crippen LogP contribution in [0.1, 0.15) is 46.0 Å². The highest BCUT2D eigenvalue weighted by molar-refractivity contribution is 7.90. The van der Waals surface area contributed by atoms with E-state index in [4.69, 9.17) is 0 Å². The lowest BCUT2D eigenvalue weighted by Crippen LogP contribution is -2.18. The van der Waals surface area contributed by atoms with Gasteiger partial charge in [-0.3, -0.25) is 0 Å². The Morgan fingerprint density at radius 3 is 2.29 bits per heavy atom. The van der Waals surface area contributed by atoms with Crippen molar-refractivity contribution in [1.82, 2.24) is 0 Å². The first-order valence-electron chi connectivity index (χ1n) is 7.93. The smallest absolute Gasteiger partial charge is 0.175 e. The van der Waals surface area contributed by atoms with Gasteiger partial charge < -0.3 is 5.32 Å². The Bertz CT molecular complexity index is 549. The van der Waals surface area contributed by atoms with E-state index in [-0.39, 0.29) is 0 Å². The molecule has 0 radical (unpaired) electrons. The Kier molecular flexibility index (Phi) is 5.31. The highest BCUT2D eigenvalue weighted by atomic mass is 32.2. The fourth-order valence-corrected chi connectivity index (χ4v) is 3.81. The summed E-state index contributed by atoms with van der Waals surface area (Å²) in [6.45, 7) is 4.64. The van der Waals surface area contributed by atoms with E-state index in [1.165, 1.54) is 38.4 Å². The molecule has 3 nitrogen and oxygen atoms in total. The molecule has 118 valence electrons. The Hall–Kier alpha value is -1.03. The SMILES string of the molecule is CC(C)C1CCCC(Nc2ccc(S(C)(=O)=O)cc2)CC1. The Balaban J connectivity index is 1.96. The summed E-state index contributed by atoms with van der Waals surface area (Å²) in [5, 5.41) is 3.56. The molecule has 1 fully saturated rings. The molecule has 1 aromatic carbocycles. The molecule has 2 atom stereocenters. The maximum absolute atomic E-state index is 11.5. The minimum atomic E-state index is -3.10. The molecule has 0 saturated heterocycles. The summed E-state index contributed by atoms with van der Waals surface area (Å²) in [5.74, 6) is 1.63. The van der Waals surface area contributed by atoms with Gasteiger partial charge in [-0.2, -0.15) is 0 Å². The molecular formula is C17H27NO2S. The molecule has 0 aliphatic heterocycles. The van der Waals surface area contributed by atoms with E-state index in [2.05, 4.69) is 19.2 Å². The zero-order valence-corrected chi connectivity index (χ0v) is 14.1. The minimum absolute atomic E-state index is 0.383. The van der Waals surface area contributed by atoms with Gasteiger partial charge in [0, 0.05) is 18.0 Å². The van der Waals surface area contributed by atoms with Gasteiger partial charge in [-0.25, -0.2) is 8.42 Å². The molecule has 2 unspecified atom stereocenters. The van der Waals surface area contributed by atoms with E-state index >= 15 is 0 Å². The molecule has 0 aromatic heterocycles. The molecule has 4 heteroatoms. The average Bonchev–Trinajstić information content (AvgIpc) is 2.64. The Labute approximate surface area is 129 Å². The lowest BCUT2D eigenvalue weighted by atomic mass is 9.89. The molecule has 0 heterocycles. The van der Waals surface area contributed by atoms with Gasteiger partial charge >= 0.3 is 0 Å². The van der Waals surface area contributed by atoms with Gasteiger partial charge in [-0.15, -0.1) is 0 Å². The number of rotatable bonds is 4. The second kappa shape index (κ2) is 6.82. The van der Waals surface area contributed by atoms with Crippen LogP contribution in [0.5, 0.6) is 0 Å². The van der Waals surface area contributed by atoms with E-state index in [9.17, 15) is 8.42 Å². The minimum Gasteiger partial charge on any atom is -0.382 e. The number of hydrogen-bond acceptors (Lipinski definition) is 3. The predicted octanol–water partition coefficient (Wildman–Crippen LogP) is 4.11. The first-order chi connectivity index (χ1) is 9.86. The number of hydrogen-bond donors (Lipinski definition) is 1. The first kappa shape index (κ1) is 16.3. The van der Waals surface area contributed by atoms with Gasteiger partial charge in [0.25, 0.3) is 0 Å². The predicted molar refractivity (Wildman–Crippen MR) is 88.4 cm³/mol. The highest BCUT2D eigenvalue weighted by Gasteiger charge is 2.20. The molecule has 1 aliphatic carbocycles. The summed E-state index contributed by atoms with van der Waals surface area (Å²) in [6.07, 6.45) is 7.56. The molecule has 1 aliphatic rings. The van der Waals surface area contributed by atoms with E-state index < -0.39 is 9.84 Å². The first-order valence-corrected chi connectivity index (χ1v) is 9.82. The maximum Gasteiger partial charge on any atom is 0.175 e. The maximum atomic E-state index is 11.5. The van der Waals surface area contributed by atoms with Crippen molar-refractivity contribution in [2.75, 3.05) is 11.6 Å². The van der Waals surface area contributed by atoms with Crippen LogP contribution in [0.3, 0.4) is 0 Å². The largest absolute Gasteiger partial charge is 0.382 e. The van der Waals surface area contributed by atoms with Crippen molar-refractivity contribution < 1.29 is 8.42 Å². The lowest BCUT2D eigenvalue weighted by molar-refractivity contribution is 0.341. The van der Waals surface area contributed by atoms with Gasteiger partial charge in [0.2, 0.25) is 0 Å². The van der Waals surface area contributed by atoms with Crippen LogP contribution in [0.25, 0.3) is 0 Å². The van der Waals surface area contributed by atoms with E-state index in [0.29, 0.717) is 10.9 Å². The van der Waals surface area contributed by atoms with Crippen LogP contribution in [0.15, 0.2) is 29.2 Å². The molecular weight excluding hydrogens is 282 g/mol. The third kappa shape index (κ3) is 4.73. The van der Waals surface area contributed by atoms with Crippen molar-refractivity contribution in [3.05, 3.63) is 24.3 Å². The third-order valence-electron chi connectivity index (χ3n) is 4.61. The van der Waals surface area contributed by atoms with E-state index in [1.807, 2.05) is 12.1 Å². The normalized spacial score (nSPS) is 23.8. The molecule has 0 spiro atoms. The second-order valence-corrected chi connectivity index (χ2v) is 8.67. The van der Waals surface area contributed by atoms with Crippen molar-refractivity contribution >= 4 is 15.5 Å². The highest BCUT2D eigenvalue weighted by Crippen LogP contribution is 2.30. The Morgan fingerprint density at radius 2 is 1.71 bits per heavy atom. The van der Waals surface area contributed by atoms with Crippen LogP contribution in [0, 0.1) is 11.8 Å². The number of nitrogens with one attached hydrogen (secondary N) is 1. The van der Waals surface area contributed by atoms with Crippen LogP contribution in [0.4, 0.5) is 5.69 Å². The van der Waals surface area contributed by atoms with Crippen molar-refractivity contribution in [2.24, 2.45) is 11.8 Å². The molecule has 1 aromatic rings. The zero-order chi connectivity index (χ0) is 15.5. The molecule has 2 rings (SSSR count). The van der Waals surface area contributed by atoms with Crippen LogP contribution in [-0.4, -0.2) is 20.7 Å². The monoisotopic (exact) mass is 309 g/mol. The van der Waals surface area contributed by atoms with Gasteiger partial charge in [-0.1, -0.05) is 26.7 Å². The average molecular weight is 309 g/mol. The summed E-state index contributed by atoms with van der Waals surface area (Å²) in [6, 6.07) is 7.64. The molecule has 1 N–H and O–H groups in total. The fraction of sp³-hybridized carbons (Fsp3) is 0.647. The van der Waals surface area contributed by atoms with Gasteiger partial charge in [0.15, 0.2) is 9.84 Å². The summed E-state index contributed by atoms with van der Waals surface area (Å²) < 4.78 is 22.9. The lowest BCUT2D eigenvalue weighted by Gasteiger charge is -2.20. The third-order valence-corrected chi connectivity index (χ3v) is 5.74. The summed E-state index contributed by atoms with van der Waals surface area (Å²) in [4.78, 5) is 0.383. The zero-order valence-electron chi connectivity index (χ0n) is 13.3. The second-order valence-electron chi connectivity index (χ2n) is 6.65. The van der Waals surface area contributed by atoms with Gasteiger partial charge in [0.1, 0.15) is 0 Å². The molecule has 0 amide bonds.